The third-order valence-electron chi connectivity index (χ3n) is 4.61. The number of aryl methyl sites for hydroxylation is 2. The zero-order valence-electron chi connectivity index (χ0n) is 17.3. The molecule has 3 rings (SSSR count). The molecule has 0 saturated heterocycles. The Hall–Kier alpha value is -3.22. The number of anilines is 4. The van der Waals surface area contributed by atoms with Gasteiger partial charge in [-0.1, -0.05) is 41.4 Å². The van der Waals surface area contributed by atoms with Gasteiger partial charge in [0.25, 0.3) is 0 Å². The van der Waals surface area contributed by atoms with Crippen LogP contribution in [0.1, 0.15) is 16.7 Å². The van der Waals surface area contributed by atoms with Crippen molar-refractivity contribution in [1.82, 2.24) is 0 Å². The van der Waals surface area contributed by atoms with E-state index in [4.69, 9.17) is 23.2 Å². The smallest absolute Gasteiger partial charge is 0.308 e. The minimum absolute atomic E-state index is 0.411. The quantitative estimate of drug-likeness (QED) is 0.334. The first-order chi connectivity index (χ1) is 14.7. The van der Waals surface area contributed by atoms with E-state index in [1.54, 1.807) is 48.5 Å². The first-order valence-corrected chi connectivity index (χ1v) is 10.3. The summed E-state index contributed by atoms with van der Waals surface area (Å²) in [7, 11) is 0. The van der Waals surface area contributed by atoms with Gasteiger partial charge in [0.05, 0.1) is 11.4 Å². The first kappa shape index (κ1) is 22.5. The topological polar surface area (TPSA) is 82.3 Å². The Morgan fingerprint density at radius 1 is 0.645 bits per heavy atom. The van der Waals surface area contributed by atoms with E-state index in [2.05, 4.69) is 21.3 Å². The summed E-state index contributed by atoms with van der Waals surface area (Å²) in [5.74, 6) is 0. The van der Waals surface area contributed by atoms with Gasteiger partial charge in [-0.05, 0) is 73.9 Å². The molecular formula is C23H22Cl2N4O2. The van der Waals surface area contributed by atoms with Crippen LogP contribution in [-0.2, 0) is 0 Å². The molecule has 0 spiro atoms. The predicted octanol–water partition coefficient (Wildman–Crippen LogP) is 7.21. The van der Waals surface area contributed by atoms with Crippen molar-refractivity contribution in [3.05, 3.63) is 81.3 Å². The third kappa shape index (κ3) is 5.90. The van der Waals surface area contributed by atoms with Crippen LogP contribution in [0.15, 0.2) is 54.6 Å². The van der Waals surface area contributed by atoms with E-state index < -0.39 is 12.1 Å². The number of carbonyl (C=O) groups is 2. The molecule has 160 valence electrons. The Morgan fingerprint density at radius 2 is 1.06 bits per heavy atom. The normalized spacial score (nSPS) is 10.4. The molecule has 0 aliphatic rings. The predicted molar refractivity (Wildman–Crippen MR) is 129 cm³/mol. The van der Waals surface area contributed by atoms with Crippen LogP contribution in [0.4, 0.5) is 32.3 Å². The van der Waals surface area contributed by atoms with E-state index in [-0.39, 0.29) is 0 Å². The summed E-state index contributed by atoms with van der Waals surface area (Å²) in [5.41, 5.74) is 4.86. The van der Waals surface area contributed by atoms with E-state index in [1.165, 1.54) is 0 Å². The molecule has 0 bridgehead atoms. The van der Waals surface area contributed by atoms with Crippen molar-refractivity contribution in [2.45, 2.75) is 20.8 Å². The number of carbonyl (C=O) groups excluding carboxylic acids is 2. The van der Waals surface area contributed by atoms with Gasteiger partial charge in [-0.3, -0.25) is 0 Å². The Kier molecular flexibility index (Phi) is 7.05. The minimum atomic E-state index is -0.411. The van der Waals surface area contributed by atoms with Crippen molar-refractivity contribution in [2.24, 2.45) is 0 Å². The van der Waals surface area contributed by atoms with Gasteiger partial charge < -0.3 is 21.3 Å². The van der Waals surface area contributed by atoms with Crippen LogP contribution in [0.5, 0.6) is 0 Å². The molecule has 0 atom stereocenters. The Balaban J connectivity index is 1.77. The van der Waals surface area contributed by atoms with Gasteiger partial charge in [-0.25, -0.2) is 9.59 Å². The molecule has 0 fully saturated rings. The lowest BCUT2D eigenvalue weighted by Gasteiger charge is -2.19. The van der Waals surface area contributed by atoms with Crippen LogP contribution < -0.4 is 21.3 Å². The lowest BCUT2D eigenvalue weighted by atomic mass is 10.0. The average molecular weight is 457 g/mol. The Bertz CT molecular complexity index is 1060. The maximum atomic E-state index is 12.5. The fourth-order valence-corrected chi connectivity index (χ4v) is 3.64. The van der Waals surface area contributed by atoms with E-state index in [0.717, 1.165) is 16.7 Å². The molecule has 0 unspecified atom stereocenters. The number of hydrogen-bond acceptors (Lipinski definition) is 2. The largest absolute Gasteiger partial charge is 0.323 e. The van der Waals surface area contributed by atoms with Gasteiger partial charge in [0.1, 0.15) is 0 Å². The molecule has 0 aliphatic carbocycles. The van der Waals surface area contributed by atoms with Gasteiger partial charge in [0, 0.05) is 21.4 Å². The highest BCUT2D eigenvalue weighted by Gasteiger charge is 2.16. The fourth-order valence-electron chi connectivity index (χ4n) is 3.25. The van der Waals surface area contributed by atoms with Gasteiger partial charge in [0.15, 0.2) is 0 Å². The molecule has 0 aliphatic heterocycles. The van der Waals surface area contributed by atoms with Gasteiger partial charge in [-0.2, -0.15) is 0 Å². The van der Waals surface area contributed by atoms with Crippen LogP contribution in [0.3, 0.4) is 0 Å². The van der Waals surface area contributed by atoms with Crippen molar-refractivity contribution in [3.63, 3.8) is 0 Å². The molecule has 0 heterocycles. The molecule has 0 radical (unpaired) electrons. The monoisotopic (exact) mass is 456 g/mol. The summed E-state index contributed by atoms with van der Waals surface area (Å²) >= 11 is 11.9. The number of halogens is 2. The molecular weight excluding hydrogens is 435 g/mol. The fraction of sp³-hybridized carbons (Fsp3) is 0.130. The van der Waals surface area contributed by atoms with Gasteiger partial charge in [-0.15, -0.1) is 0 Å². The number of nitrogens with one attached hydrogen (secondary N) is 4. The number of benzene rings is 3. The maximum Gasteiger partial charge on any atom is 0.323 e. The zero-order chi connectivity index (χ0) is 22.5. The molecule has 4 amide bonds. The highest BCUT2D eigenvalue weighted by atomic mass is 35.5. The molecule has 3 aromatic rings. The molecule has 6 nitrogen and oxygen atoms in total. The Morgan fingerprint density at radius 3 is 1.45 bits per heavy atom. The van der Waals surface area contributed by atoms with Crippen molar-refractivity contribution < 1.29 is 9.59 Å². The molecule has 3 aromatic carbocycles. The summed E-state index contributed by atoms with van der Waals surface area (Å²) < 4.78 is 0. The summed E-state index contributed by atoms with van der Waals surface area (Å²) in [5, 5.41) is 12.3. The Labute approximate surface area is 190 Å². The van der Waals surface area contributed by atoms with Crippen molar-refractivity contribution in [3.8, 4) is 0 Å². The summed E-state index contributed by atoms with van der Waals surface area (Å²) in [4.78, 5) is 25.0. The van der Waals surface area contributed by atoms with Crippen LogP contribution in [0, 0.1) is 20.8 Å². The molecule has 31 heavy (non-hydrogen) atoms. The van der Waals surface area contributed by atoms with Crippen LogP contribution >= 0.6 is 23.2 Å². The average Bonchev–Trinajstić information content (AvgIpc) is 2.68. The first-order valence-electron chi connectivity index (χ1n) is 9.51. The SMILES string of the molecule is Cc1cc(C)c(NC(=O)Nc2cccc(Cl)c2)c(C)c1NC(=O)Nc1cccc(Cl)c1. The summed E-state index contributed by atoms with van der Waals surface area (Å²) in [6, 6.07) is 14.8. The summed E-state index contributed by atoms with van der Waals surface area (Å²) in [6.07, 6.45) is 0. The van der Waals surface area contributed by atoms with Gasteiger partial charge in [0.2, 0.25) is 0 Å². The number of hydrogen-bond donors (Lipinski definition) is 4. The molecule has 8 heteroatoms. The molecule has 4 N–H and O–H groups in total. The summed E-state index contributed by atoms with van der Waals surface area (Å²) in [6.45, 7) is 5.62. The number of rotatable bonds is 4. The van der Waals surface area contributed by atoms with Crippen molar-refractivity contribution in [1.29, 1.82) is 0 Å². The second kappa shape index (κ2) is 9.73. The maximum absolute atomic E-state index is 12.5. The minimum Gasteiger partial charge on any atom is -0.308 e. The van der Waals surface area contributed by atoms with Crippen LogP contribution in [0.25, 0.3) is 0 Å². The highest BCUT2D eigenvalue weighted by molar-refractivity contribution is 6.31. The highest BCUT2D eigenvalue weighted by Crippen LogP contribution is 2.31. The van der Waals surface area contributed by atoms with Crippen LogP contribution in [-0.4, -0.2) is 12.1 Å². The third-order valence-corrected chi connectivity index (χ3v) is 5.08. The standard InChI is InChI=1S/C23H22Cl2N4O2/c1-13-10-14(2)21(29-23(31)27-19-9-5-7-17(25)12-19)15(3)20(13)28-22(30)26-18-8-4-6-16(24)11-18/h4-12H,1-3H3,(H2,26,28,30)(H2,27,29,31). The van der Waals surface area contributed by atoms with Crippen molar-refractivity contribution in [2.75, 3.05) is 21.3 Å². The van der Waals surface area contributed by atoms with E-state index in [0.29, 0.717) is 32.8 Å². The van der Waals surface area contributed by atoms with Gasteiger partial charge >= 0.3 is 12.1 Å². The number of urea groups is 2. The lowest BCUT2D eigenvalue weighted by Crippen LogP contribution is -2.23. The van der Waals surface area contributed by atoms with E-state index in [1.807, 2.05) is 26.8 Å². The second-order valence-corrected chi connectivity index (χ2v) is 7.94. The second-order valence-electron chi connectivity index (χ2n) is 7.06. The molecule has 0 saturated carbocycles. The molecule has 0 aromatic heterocycles. The number of amides is 4. The van der Waals surface area contributed by atoms with Crippen molar-refractivity contribution >= 4 is 58.0 Å². The van der Waals surface area contributed by atoms with E-state index in [9.17, 15) is 9.59 Å². The zero-order valence-corrected chi connectivity index (χ0v) is 18.8. The van der Waals surface area contributed by atoms with E-state index >= 15 is 0 Å². The van der Waals surface area contributed by atoms with Crippen LogP contribution in [0.2, 0.25) is 10.0 Å². The lowest BCUT2D eigenvalue weighted by molar-refractivity contribution is 0.261.